The first kappa shape index (κ1) is 36.1. The lowest BCUT2D eigenvalue weighted by atomic mass is 9.84. The Hall–Kier alpha value is -3.14. The van der Waals surface area contributed by atoms with Crippen molar-refractivity contribution in [2.24, 2.45) is 0 Å². The van der Waals surface area contributed by atoms with Gasteiger partial charge in [-0.15, -0.1) is 0 Å². The summed E-state index contributed by atoms with van der Waals surface area (Å²) in [6.45, 7) is 21.3. The molecule has 3 aromatic carbocycles. The SMILES string of the molecule is CCc1cc(COCc2cc(C(C)(C)C)cc(COCc3cc(CC)cc4c3OC(C)(C)OC4)c2OCOC)c2c(c1)COC(C)(C)O2. The first-order valence-corrected chi connectivity index (χ1v) is 17.1. The van der Waals surface area contributed by atoms with Crippen LogP contribution in [0.15, 0.2) is 36.4 Å². The molecule has 0 amide bonds. The lowest BCUT2D eigenvalue weighted by Crippen LogP contribution is -2.36. The monoisotopic (exact) mass is 662 g/mol. The molecule has 8 heteroatoms. The first-order chi connectivity index (χ1) is 22.7. The zero-order chi connectivity index (χ0) is 34.7. The predicted molar refractivity (Wildman–Crippen MR) is 185 cm³/mol. The van der Waals surface area contributed by atoms with Crippen LogP contribution in [-0.4, -0.2) is 25.5 Å². The summed E-state index contributed by atoms with van der Waals surface area (Å²) in [5, 5.41) is 0. The Morgan fingerprint density at radius 2 is 1.08 bits per heavy atom. The van der Waals surface area contributed by atoms with E-state index in [0.717, 1.165) is 63.5 Å². The Labute approximate surface area is 286 Å². The molecular formula is C40H54O8. The Kier molecular flexibility index (Phi) is 11.1. The molecule has 0 unspecified atom stereocenters. The predicted octanol–water partition coefficient (Wildman–Crippen LogP) is 8.82. The molecule has 0 fully saturated rings. The van der Waals surface area contributed by atoms with Gasteiger partial charge in [0.25, 0.3) is 0 Å². The molecule has 48 heavy (non-hydrogen) atoms. The lowest BCUT2D eigenvalue weighted by Gasteiger charge is -2.34. The summed E-state index contributed by atoms with van der Waals surface area (Å²) in [6.07, 6.45) is 1.83. The van der Waals surface area contributed by atoms with Gasteiger partial charge in [-0.1, -0.05) is 34.6 Å². The summed E-state index contributed by atoms with van der Waals surface area (Å²) in [5.74, 6) is 1.03. The van der Waals surface area contributed by atoms with Gasteiger partial charge in [-0.3, -0.25) is 0 Å². The zero-order valence-electron chi connectivity index (χ0n) is 30.6. The average molecular weight is 663 g/mol. The molecular weight excluding hydrogens is 608 g/mol. The number of methoxy groups -OCH3 is 1. The van der Waals surface area contributed by atoms with E-state index in [4.69, 9.17) is 37.9 Å². The van der Waals surface area contributed by atoms with Crippen LogP contribution in [-0.2, 0) is 81.6 Å². The van der Waals surface area contributed by atoms with Crippen LogP contribution in [0.4, 0.5) is 0 Å². The molecule has 262 valence electrons. The molecule has 3 aromatic rings. The van der Waals surface area contributed by atoms with Crippen molar-refractivity contribution in [3.8, 4) is 17.2 Å². The third-order valence-corrected chi connectivity index (χ3v) is 8.73. The van der Waals surface area contributed by atoms with E-state index in [2.05, 4.69) is 71.0 Å². The molecule has 0 saturated heterocycles. The third kappa shape index (κ3) is 8.71. The van der Waals surface area contributed by atoms with Crippen LogP contribution in [0.5, 0.6) is 17.2 Å². The van der Waals surface area contributed by atoms with Gasteiger partial charge in [0, 0.05) is 68.2 Å². The molecule has 0 radical (unpaired) electrons. The van der Waals surface area contributed by atoms with Gasteiger partial charge in [-0.2, -0.15) is 0 Å². The highest BCUT2D eigenvalue weighted by atomic mass is 16.7. The smallest absolute Gasteiger partial charge is 0.205 e. The molecule has 0 spiro atoms. The van der Waals surface area contributed by atoms with E-state index in [9.17, 15) is 0 Å². The average Bonchev–Trinajstić information content (AvgIpc) is 3.03. The summed E-state index contributed by atoms with van der Waals surface area (Å²) in [5.41, 5.74) is 9.54. The Balaban J connectivity index is 1.40. The standard InChI is InChI=1S/C40H54O8/c1-11-26-13-28(36-30(15-26)23-45-39(6,7)47-36)19-42-21-32-17-34(38(3,4)5)18-33(35(32)44-25-41-10)22-43-20-29-14-27(12-2)16-31-24-46-40(8,9)48-37(29)31/h13-18H,11-12,19-25H2,1-10H3. The van der Waals surface area contributed by atoms with Gasteiger partial charge in [-0.05, 0) is 71.3 Å². The number of fused-ring (bicyclic) bond motifs is 2. The molecule has 0 saturated carbocycles. The minimum Gasteiger partial charge on any atom is -0.467 e. The maximum atomic E-state index is 6.45. The summed E-state index contributed by atoms with van der Waals surface area (Å²) < 4.78 is 48.9. The molecule has 0 N–H and O–H groups in total. The molecule has 5 rings (SSSR count). The van der Waals surface area contributed by atoms with Crippen LogP contribution >= 0.6 is 0 Å². The van der Waals surface area contributed by atoms with Crippen LogP contribution in [0.2, 0.25) is 0 Å². The largest absolute Gasteiger partial charge is 0.467 e. The highest BCUT2D eigenvalue weighted by Crippen LogP contribution is 2.39. The number of aryl methyl sites for hydroxylation is 2. The molecule has 0 aliphatic carbocycles. The third-order valence-electron chi connectivity index (χ3n) is 8.73. The van der Waals surface area contributed by atoms with E-state index in [1.54, 1.807) is 7.11 Å². The topological polar surface area (TPSA) is 73.8 Å². The number of rotatable bonds is 13. The van der Waals surface area contributed by atoms with Crippen molar-refractivity contribution < 1.29 is 37.9 Å². The summed E-state index contributed by atoms with van der Waals surface area (Å²) in [4.78, 5) is 0. The highest BCUT2D eigenvalue weighted by Gasteiger charge is 2.31. The van der Waals surface area contributed by atoms with Gasteiger partial charge in [0.05, 0.1) is 39.6 Å². The second kappa shape index (κ2) is 14.8. The number of benzene rings is 3. The van der Waals surface area contributed by atoms with E-state index in [1.165, 1.54) is 16.7 Å². The first-order valence-electron chi connectivity index (χ1n) is 17.1. The van der Waals surface area contributed by atoms with E-state index in [1.807, 2.05) is 27.7 Å². The maximum absolute atomic E-state index is 6.45. The molecule has 0 atom stereocenters. The fraction of sp³-hybridized carbons (Fsp3) is 0.550. The Morgan fingerprint density at radius 1 is 0.646 bits per heavy atom. The van der Waals surface area contributed by atoms with E-state index < -0.39 is 11.6 Å². The van der Waals surface area contributed by atoms with Gasteiger partial charge in [0.2, 0.25) is 11.6 Å². The highest BCUT2D eigenvalue weighted by molar-refractivity contribution is 5.48. The van der Waals surface area contributed by atoms with Gasteiger partial charge in [-0.25, -0.2) is 0 Å². The fourth-order valence-electron chi connectivity index (χ4n) is 6.05. The van der Waals surface area contributed by atoms with Crippen molar-refractivity contribution in [1.29, 1.82) is 0 Å². The van der Waals surface area contributed by atoms with Crippen molar-refractivity contribution in [3.05, 3.63) is 86.5 Å². The van der Waals surface area contributed by atoms with Crippen LogP contribution in [0.3, 0.4) is 0 Å². The van der Waals surface area contributed by atoms with Crippen molar-refractivity contribution in [1.82, 2.24) is 0 Å². The summed E-state index contributed by atoms with van der Waals surface area (Å²) in [7, 11) is 1.63. The van der Waals surface area contributed by atoms with Crippen molar-refractivity contribution >= 4 is 0 Å². The fourth-order valence-corrected chi connectivity index (χ4v) is 6.05. The van der Waals surface area contributed by atoms with Crippen LogP contribution < -0.4 is 14.2 Å². The number of hydrogen-bond donors (Lipinski definition) is 0. The summed E-state index contributed by atoms with van der Waals surface area (Å²) >= 11 is 0. The normalized spacial score (nSPS) is 16.5. The Morgan fingerprint density at radius 3 is 1.48 bits per heavy atom. The van der Waals surface area contributed by atoms with Crippen LogP contribution in [0.1, 0.15) is 112 Å². The second-order valence-corrected chi connectivity index (χ2v) is 14.7. The Bertz CT molecular complexity index is 1480. The molecule has 2 heterocycles. The second-order valence-electron chi connectivity index (χ2n) is 14.7. The molecule has 0 aromatic heterocycles. The number of hydrogen-bond acceptors (Lipinski definition) is 8. The van der Waals surface area contributed by atoms with Crippen molar-refractivity contribution in [3.63, 3.8) is 0 Å². The molecule has 2 aliphatic heterocycles. The minimum absolute atomic E-state index is 0.106. The quantitative estimate of drug-likeness (QED) is 0.168. The van der Waals surface area contributed by atoms with Crippen LogP contribution in [0.25, 0.3) is 0 Å². The van der Waals surface area contributed by atoms with Crippen molar-refractivity contribution in [2.45, 2.75) is 132 Å². The zero-order valence-corrected chi connectivity index (χ0v) is 30.6. The van der Waals surface area contributed by atoms with Gasteiger partial charge in [0.15, 0.2) is 6.79 Å². The minimum atomic E-state index is -0.695. The van der Waals surface area contributed by atoms with E-state index in [-0.39, 0.29) is 12.2 Å². The van der Waals surface area contributed by atoms with Crippen LogP contribution in [0, 0.1) is 0 Å². The summed E-state index contributed by atoms with van der Waals surface area (Å²) in [6, 6.07) is 13.0. The molecule has 8 nitrogen and oxygen atoms in total. The molecule has 0 bridgehead atoms. The number of ether oxygens (including phenoxy) is 8. The van der Waals surface area contributed by atoms with E-state index in [0.29, 0.717) is 39.6 Å². The maximum Gasteiger partial charge on any atom is 0.205 e. The van der Waals surface area contributed by atoms with Gasteiger partial charge >= 0.3 is 0 Å². The van der Waals surface area contributed by atoms with Gasteiger partial charge in [0.1, 0.15) is 17.2 Å². The van der Waals surface area contributed by atoms with Crippen molar-refractivity contribution in [2.75, 3.05) is 13.9 Å². The molecule has 2 aliphatic rings. The van der Waals surface area contributed by atoms with E-state index >= 15 is 0 Å². The lowest BCUT2D eigenvalue weighted by molar-refractivity contribution is -0.181. The van der Waals surface area contributed by atoms with Gasteiger partial charge < -0.3 is 37.9 Å².